The monoisotopic (exact) mass is 228 g/mol. The van der Waals surface area contributed by atoms with Gasteiger partial charge in [0.1, 0.15) is 0 Å². The van der Waals surface area contributed by atoms with Crippen molar-refractivity contribution in [1.29, 1.82) is 0 Å². The summed E-state index contributed by atoms with van der Waals surface area (Å²) in [6, 6.07) is 0.0485. The molecule has 0 aromatic rings. The number of rotatable bonds is 5. The van der Waals surface area contributed by atoms with Gasteiger partial charge >= 0.3 is 0 Å². The van der Waals surface area contributed by atoms with Crippen LogP contribution in [0, 0.1) is 5.41 Å². The van der Waals surface area contributed by atoms with Gasteiger partial charge in [0.25, 0.3) is 0 Å². The molecule has 0 spiro atoms. The highest BCUT2D eigenvalue weighted by Gasteiger charge is 2.41. The summed E-state index contributed by atoms with van der Waals surface area (Å²) in [6.45, 7) is 3.11. The fraction of sp³-hybridized carbons (Fsp3) is 0.909. The lowest BCUT2D eigenvalue weighted by Crippen LogP contribution is -2.43. The first-order chi connectivity index (χ1) is 7.26. The summed E-state index contributed by atoms with van der Waals surface area (Å²) in [4.78, 5) is 11.7. The van der Waals surface area contributed by atoms with E-state index in [9.17, 15) is 4.79 Å². The van der Waals surface area contributed by atoms with Gasteiger partial charge in [0.05, 0.1) is 6.04 Å². The Labute approximate surface area is 95.8 Å². The van der Waals surface area contributed by atoms with Crippen LogP contribution in [0.4, 0.5) is 0 Å². The summed E-state index contributed by atoms with van der Waals surface area (Å²) in [6.07, 6.45) is 5.09. The Balaban J connectivity index is 1.70. The first-order valence-corrected chi connectivity index (χ1v) is 7.00. The minimum Gasteiger partial charge on any atom is -0.354 e. The van der Waals surface area contributed by atoms with Gasteiger partial charge in [0.15, 0.2) is 0 Å². The lowest BCUT2D eigenvalue weighted by molar-refractivity contribution is -0.122. The summed E-state index contributed by atoms with van der Waals surface area (Å²) in [5.41, 5.74) is 0.468. The first kappa shape index (κ1) is 11.3. The smallest absolute Gasteiger partial charge is 0.238 e. The van der Waals surface area contributed by atoms with Gasteiger partial charge in [-0.3, -0.25) is 10.1 Å². The molecule has 1 aliphatic heterocycles. The molecule has 1 unspecified atom stereocenters. The van der Waals surface area contributed by atoms with Crippen LogP contribution in [0.3, 0.4) is 0 Å². The van der Waals surface area contributed by atoms with Crippen LogP contribution in [0.25, 0.3) is 0 Å². The lowest BCUT2D eigenvalue weighted by atomic mass is 10.0. The van der Waals surface area contributed by atoms with Gasteiger partial charge in [-0.1, -0.05) is 13.3 Å². The highest BCUT2D eigenvalue weighted by Crippen LogP contribution is 2.48. The maximum atomic E-state index is 11.7. The number of hydrogen-bond acceptors (Lipinski definition) is 3. The minimum atomic E-state index is 0.0485. The molecule has 3 nitrogen and oxygen atoms in total. The van der Waals surface area contributed by atoms with E-state index in [4.69, 9.17) is 0 Å². The summed E-state index contributed by atoms with van der Waals surface area (Å²) in [5.74, 6) is 2.03. The number of nitrogens with one attached hydrogen (secondary N) is 2. The fourth-order valence-electron chi connectivity index (χ4n) is 2.18. The standard InChI is InChI=1S/C11H20N2OS/c1-2-3-11(4-5-11)7-12-10(14)9-6-15-8-13-9/h9,13H,2-8H2,1H3,(H,12,14). The van der Waals surface area contributed by atoms with Crippen molar-refractivity contribution in [2.45, 2.75) is 38.6 Å². The van der Waals surface area contributed by atoms with Crippen LogP contribution >= 0.6 is 11.8 Å². The molecule has 0 aromatic carbocycles. The zero-order chi connectivity index (χ0) is 10.7. The molecule has 2 fully saturated rings. The first-order valence-electron chi connectivity index (χ1n) is 5.85. The van der Waals surface area contributed by atoms with E-state index in [1.807, 2.05) is 0 Å². The largest absolute Gasteiger partial charge is 0.354 e. The third kappa shape index (κ3) is 2.88. The molecule has 1 saturated heterocycles. The number of thioether (sulfide) groups is 1. The molecule has 1 aliphatic carbocycles. The Morgan fingerprint density at radius 1 is 1.60 bits per heavy atom. The van der Waals surface area contributed by atoms with Gasteiger partial charge in [-0.05, 0) is 24.7 Å². The molecule has 15 heavy (non-hydrogen) atoms. The Morgan fingerprint density at radius 2 is 2.40 bits per heavy atom. The Morgan fingerprint density at radius 3 is 2.93 bits per heavy atom. The third-order valence-corrected chi connectivity index (χ3v) is 4.35. The van der Waals surface area contributed by atoms with Crippen molar-refractivity contribution in [2.75, 3.05) is 18.2 Å². The molecule has 4 heteroatoms. The minimum absolute atomic E-state index is 0.0485. The average molecular weight is 228 g/mol. The molecule has 0 bridgehead atoms. The Kier molecular flexibility index (Phi) is 3.57. The highest BCUT2D eigenvalue weighted by molar-refractivity contribution is 7.99. The molecular weight excluding hydrogens is 208 g/mol. The van der Waals surface area contributed by atoms with E-state index < -0.39 is 0 Å². The second-order valence-electron chi connectivity index (χ2n) is 4.74. The number of hydrogen-bond donors (Lipinski definition) is 2. The number of amides is 1. The van der Waals surface area contributed by atoms with E-state index in [0.717, 1.165) is 18.2 Å². The van der Waals surface area contributed by atoms with Crippen LogP contribution in [-0.2, 0) is 4.79 Å². The summed E-state index contributed by atoms with van der Waals surface area (Å²) >= 11 is 1.80. The summed E-state index contributed by atoms with van der Waals surface area (Å²) in [5, 5.41) is 6.29. The molecule has 1 heterocycles. The molecule has 0 aromatic heterocycles. The van der Waals surface area contributed by atoms with E-state index in [0.29, 0.717) is 5.41 Å². The summed E-state index contributed by atoms with van der Waals surface area (Å²) in [7, 11) is 0. The average Bonchev–Trinajstić information content (AvgIpc) is 2.81. The van der Waals surface area contributed by atoms with Crippen LogP contribution in [0.15, 0.2) is 0 Å². The van der Waals surface area contributed by atoms with Crippen LogP contribution in [0.1, 0.15) is 32.6 Å². The zero-order valence-electron chi connectivity index (χ0n) is 9.34. The van der Waals surface area contributed by atoms with Crippen molar-refractivity contribution < 1.29 is 4.79 Å². The SMILES string of the molecule is CCCC1(CNC(=O)C2CSCN2)CC1. The molecule has 0 radical (unpaired) electrons. The number of carbonyl (C=O) groups excluding carboxylic acids is 1. The lowest BCUT2D eigenvalue weighted by Gasteiger charge is -2.16. The summed E-state index contributed by atoms with van der Waals surface area (Å²) < 4.78 is 0. The molecule has 1 saturated carbocycles. The van der Waals surface area contributed by atoms with E-state index >= 15 is 0 Å². The van der Waals surface area contributed by atoms with E-state index in [1.165, 1.54) is 25.7 Å². The van der Waals surface area contributed by atoms with Gasteiger partial charge < -0.3 is 5.32 Å². The Hall–Kier alpha value is -0.220. The van der Waals surface area contributed by atoms with E-state index in [-0.39, 0.29) is 11.9 Å². The van der Waals surface area contributed by atoms with Gasteiger partial charge in [-0.2, -0.15) is 0 Å². The van der Waals surface area contributed by atoms with Crippen molar-refractivity contribution in [3.05, 3.63) is 0 Å². The van der Waals surface area contributed by atoms with Gasteiger partial charge in [0, 0.05) is 18.2 Å². The van der Waals surface area contributed by atoms with Crippen LogP contribution < -0.4 is 10.6 Å². The zero-order valence-corrected chi connectivity index (χ0v) is 10.2. The van der Waals surface area contributed by atoms with Crippen molar-refractivity contribution in [1.82, 2.24) is 10.6 Å². The van der Waals surface area contributed by atoms with E-state index in [2.05, 4.69) is 17.6 Å². The molecule has 86 valence electrons. The Bertz CT molecular complexity index is 235. The van der Waals surface area contributed by atoms with Crippen molar-refractivity contribution >= 4 is 17.7 Å². The molecule has 1 atom stereocenters. The van der Waals surface area contributed by atoms with Gasteiger partial charge in [0.2, 0.25) is 5.91 Å². The third-order valence-electron chi connectivity index (χ3n) is 3.41. The normalized spacial score (nSPS) is 27.7. The van der Waals surface area contributed by atoms with Crippen molar-refractivity contribution in [3.8, 4) is 0 Å². The van der Waals surface area contributed by atoms with Crippen molar-refractivity contribution in [3.63, 3.8) is 0 Å². The molecule has 1 amide bonds. The predicted molar refractivity (Wildman–Crippen MR) is 63.8 cm³/mol. The quantitative estimate of drug-likeness (QED) is 0.746. The maximum Gasteiger partial charge on any atom is 0.238 e. The molecular formula is C11H20N2OS. The van der Waals surface area contributed by atoms with Crippen LogP contribution in [0.2, 0.25) is 0 Å². The van der Waals surface area contributed by atoms with Gasteiger partial charge in [-0.15, -0.1) is 11.8 Å². The number of carbonyl (C=O) groups is 1. The molecule has 2 N–H and O–H groups in total. The highest BCUT2D eigenvalue weighted by atomic mass is 32.2. The molecule has 2 aliphatic rings. The van der Waals surface area contributed by atoms with Crippen LogP contribution in [0.5, 0.6) is 0 Å². The van der Waals surface area contributed by atoms with Gasteiger partial charge in [-0.25, -0.2) is 0 Å². The maximum absolute atomic E-state index is 11.7. The fourth-order valence-corrected chi connectivity index (χ4v) is 3.13. The van der Waals surface area contributed by atoms with Crippen molar-refractivity contribution in [2.24, 2.45) is 5.41 Å². The topological polar surface area (TPSA) is 41.1 Å². The van der Waals surface area contributed by atoms with E-state index in [1.54, 1.807) is 11.8 Å². The second-order valence-corrected chi connectivity index (χ2v) is 5.77. The predicted octanol–water partition coefficient (Wildman–Crippen LogP) is 1.35. The second kappa shape index (κ2) is 4.74. The van der Waals surface area contributed by atoms with Crippen LogP contribution in [-0.4, -0.2) is 30.1 Å². The molecule has 2 rings (SSSR count).